The van der Waals surface area contributed by atoms with E-state index in [9.17, 15) is 4.79 Å². The Balaban J connectivity index is 2.83. The molecule has 3 nitrogen and oxygen atoms in total. The van der Waals surface area contributed by atoms with Crippen molar-refractivity contribution in [2.24, 2.45) is 5.92 Å². The van der Waals surface area contributed by atoms with Crippen LogP contribution >= 0.6 is 15.9 Å². The third-order valence-electron chi connectivity index (χ3n) is 3.47. The number of carbonyl (C=O) groups excluding carboxylic acids is 1. The van der Waals surface area contributed by atoms with E-state index in [1.54, 1.807) is 12.1 Å². The second-order valence-electron chi connectivity index (χ2n) is 5.16. The minimum absolute atomic E-state index is 0.0328. The lowest BCUT2D eigenvalue weighted by Gasteiger charge is -2.18. The molecule has 0 fully saturated rings. The number of ketones is 1. The average Bonchev–Trinajstić information content (AvgIpc) is 2.40. The molecular formula is C16H24BrNO2. The molecule has 0 aliphatic heterocycles. The Bertz CT molecular complexity index is 460. The van der Waals surface area contributed by atoms with Crippen LogP contribution in [0.3, 0.4) is 0 Å². The van der Waals surface area contributed by atoms with Crippen LogP contribution in [0.1, 0.15) is 56.8 Å². The van der Waals surface area contributed by atoms with Gasteiger partial charge in [-0.25, -0.2) is 0 Å². The molecule has 0 saturated carbocycles. The van der Waals surface area contributed by atoms with Crippen LogP contribution in [0.5, 0.6) is 5.75 Å². The zero-order valence-electron chi connectivity index (χ0n) is 12.5. The molecule has 0 heterocycles. The van der Waals surface area contributed by atoms with Gasteiger partial charge in [-0.05, 0) is 31.4 Å². The van der Waals surface area contributed by atoms with Crippen LogP contribution in [0, 0.1) is 5.92 Å². The van der Waals surface area contributed by atoms with E-state index in [0.717, 1.165) is 17.3 Å². The molecule has 0 amide bonds. The van der Waals surface area contributed by atoms with E-state index < -0.39 is 0 Å². The van der Waals surface area contributed by atoms with E-state index in [2.05, 4.69) is 29.8 Å². The van der Waals surface area contributed by atoms with E-state index in [1.165, 1.54) is 19.8 Å². The molecule has 1 aromatic carbocycles. The molecule has 0 bridgehead atoms. The van der Waals surface area contributed by atoms with Gasteiger partial charge in [0.1, 0.15) is 0 Å². The topological polar surface area (TPSA) is 52.3 Å². The summed E-state index contributed by atoms with van der Waals surface area (Å²) in [5.41, 5.74) is 7.03. The summed E-state index contributed by atoms with van der Waals surface area (Å²) in [6.45, 7) is 6.50. The van der Waals surface area contributed by atoms with Crippen molar-refractivity contribution in [1.29, 1.82) is 0 Å². The summed E-state index contributed by atoms with van der Waals surface area (Å²) in [6.07, 6.45) is 4.62. The normalized spacial score (nSPS) is 12.2. The maximum atomic E-state index is 11.7. The molecule has 0 radical (unpaired) electrons. The van der Waals surface area contributed by atoms with Crippen LogP contribution in [0.4, 0.5) is 5.69 Å². The van der Waals surface area contributed by atoms with Crippen LogP contribution < -0.4 is 10.5 Å². The summed E-state index contributed by atoms with van der Waals surface area (Å²) < 4.78 is 6.66. The first-order valence-electron chi connectivity index (χ1n) is 7.22. The number of benzene rings is 1. The first-order valence-corrected chi connectivity index (χ1v) is 8.01. The Morgan fingerprint density at radius 3 is 2.65 bits per heavy atom. The monoisotopic (exact) mass is 341 g/mol. The summed E-state index contributed by atoms with van der Waals surface area (Å²) in [6, 6.07) is 3.54. The maximum absolute atomic E-state index is 11.7. The van der Waals surface area contributed by atoms with Crippen LogP contribution in [-0.2, 0) is 0 Å². The summed E-state index contributed by atoms with van der Waals surface area (Å²) in [7, 11) is 0. The number of anilines is 1. The molecule has 1 unspecified atom stereocenters. The maximum Gasteiger partial charge on any atom is 0.163 e. The number of halogens is 1. The van der Waals surface area contributed by atoms with Gasteiger partial charge in [-0.2, -0.15) is 0 Å². The fraction of sp³-hybridized carbons (Fsp3) is 0.562. The first-order chi connectivity index (χ1) is 9.49. The van der Waals surface area contributed by atoms with Crippen LogP contribution in [-0.4, -0.2) is 12.4 Å². The Kier molecular flexibility index (Phi) is 7.06. The van der Waals surface area contributed by atoms with Gasteiger partial charge in [0, 0.05) is 4.47 Å². The second-order valence-corrected chi connectivity index (χ2v) is 6.07. The van der Waals surface area contributed by atoms with Gasteiger partial charge in [0.25, 0.3) is 0 Å². The van der Waals surface area contributed by atoms with E-state index in [-0.39, 0.29) is 5.78 Å². The van der Waals surface area contributed by atoms with Gasteiger partial charge in [-0.15, -0.1) is 0 Å². The Morgan fingerprint density at radius 1 is 1.40 bits per heavy atom. The van der Waals surface area contributed by atoms with Gasteiger partial charge in [-0.1, -0.05) is 49.0 Å². The molecular weight excluding hydrogens is 318 g/mol. The molecule has 1 rings (SSSR count). The number of nitrogens with two attached hydrogens (primary N) is 1. The van der Waals surface area contributed by atoms with Gasteiger partial charge >= 0.3 is 0 Å². The van der Waals surface area contributed by atoms with Crippen molar-refractivity contribution in [3.8, 4) is 5.75 Å². The number of hydrogen-bond donors (Lipinski definition) is 1. The van der Waals surface area contributed by atoms with E-state index >= 15 is 0 Å². The third-order valence-corrected chi connectivity index (χ3v) is 3.93. The van der Waals surface area contributed by atoms with E-state index in [0.29, 0.717) is 29.5 Å². The van der Waals surface area contributed by atoms with Gasteiger partial charge in [0.05, 0.1) is 17.9 Å². The standard InChI is InChI=1S/C16H24BrNO2/c1-4-6-7-12(5-2)10-20-16-14(11(3)19)8-13(17)9-15(16)18/h8-9,12H,4-7,10,18H2,1-3H3. The Hall–Kier alpha value is -1.03. The highest BCUT2D eigenvalue weighted by atomic mass is 79.9. The minimum Gasteiger partial charge on any atom is -0.490 e. The zero-order chi connectivity index (χ0) is 15.1. The lowest BCUT2D eigenvalue weighted by atomic mass is 10.0. The van der Waals surface area contributed by atoms with E-state index in [1.807, 2.05) is 0 Å². The molecule has 2 N–H and O–H groups in total. The molecule has 0 aliphatic carbocycles. The van der Waals surface area contributed by atoms with Gasteiger partial charge < -0.3 is 10.5 Å². The number of nitrogen functional groups attached to an aromatic ring is 1. The predicted octanol–water partition coefficient (Wildman–Crippen LogP) is 4.83. The Labute approximate surface area is 130 Å². The zero-order valence-corrected chi connectivity index (χ0v) is 14.1. The van der Waals surface area contributed by atoms with Gasteiger partial charge in [0.2, 0.25) is 0 Å². The third kappa shape index (κ3) is 4.82. The molecule has 112 valence electrons. The quantitative estimate of drug-likeness (QED) is 0.544. The molecule has 1 atom stereocenters. The van der Waals surface area contributed by atoms with Crippen molar-refractivity contribution in [2.75, 3.05) is 12.3 Å². The number of hydrogen-bond acceptors (Lipinski definition) is 3. The summed E-state index contributed by atoms with van der Waals surface area (Å²) in [4.78, 5) is 11.7. The lowest BCUT2D eigenvalue weighted by molar-refractivity contribution is 0.101. The number of Topliss-reactive ketones (excluding diaryl/α,β-unsaturated/α-hetero) is 1. The molecule has 1 aromatic rings. The highest BCUT2D eigenvalue weighted by Crippen LogP contribution is 2.32. The number of rotatable bonds is 8. The second kappa shape index (κ2) is 8.30. The highest BCUT2D eigenvalue weighted by Gasteiger charge is 2.15. The number of unbranched alkanes of at least 4 members (excludes halogenated alkanes) is 1. The van der Waals surface area contributed by atoms with Crippen LogP contribution in [0.15, 0.2) is 16.6 Å². The smallest absolute Gasteiger partial charge is 0.163 e. The molecule has 0 aliphatic rings. The molecule has 0 spiro atoms. The van der Waals surface area contributed by atoms with Gasteiger partial charge in [-0.3, -0.25) is 4.79 Å². The number of ether oxygens (including phenoxy) is 1. The molecule has 0 aromatic heterocycles. The predicted molar refractivity (Wildman–Crippen MR) is 87.4 cm³/mol. The summed E-state index contributed by atoms with van der Waals surface area (Å²) in [5, 5.41) is 0. The van der Waals surface area contributed by atoms with Crippen molar-refractivity contribution in [3.05, 3.63) is 22.2 Å². The number of carbonyl (C=O) groups is 1. The van der Waals surface area contributed by atoms with Crippen molar-refractivity contribution in [3.63, 3.8) is 0 Å². The van der Waals surface area contributed by atoms with Crippen molar-refractivity contribution < 1.29 is 9.53 Å². The SMILES string of the molecule is CCCCC(CC)COc1c(N)cc(Br)cc1C(C)=O. The summed E-state index contributed by atoms with van der Waals surface area (Å²) >= 11 is 3.36. The van der Waals surface area contributed by atoms with Crippen molar-refractivity contribution >= 4 is 27.4 Å². The fourth-order valence-corrected chi connectivity index (χ4v) is 2.61. The van der Waals surface area contributed by atoms with E-state index in [4.69, 9.17) is 10.5 Å². The Morgan fingerprint density at radius 2 is 2.10 bits per heavy atom. The fourth-order valence-electron chi connectivity index (χ4n) is 2.14. The van der Waals surface area contributed by atoms with Crippen molar-refractivity contribution in [2.45, 2.75) is 46.5 Å². The molecule has 4 heteroatoms. The van der Waals surface area contributed by atoms with Crippen LogP contribution in [0.2, 0.25) is 0 Å². The van der Waals surface area contributed by atoms with Crippen molar-refractivity contribution in [1.82, 2.24) is 0 Å². The lowest BCUT2D eigenvalue weighted by Crippen LogP contribution is -2.14. The largest absolute Gasteiger partial charge is 0.490 e. The van der Waals surface area contributed by atoms with Gasteiger partial charge in [0.15, 0.2) is 11.5 Å². The first kappa shape index (κ1) is 17.0. The average molecular weight is 342 g/mol. The highest BCUT2D eigenvalue weighted by molar-refractivity contribution is 9.10. The summed E-state index contributed by atoms with van der Waals surface area (Å²) in [5.74, 6) is 1.00. The minimum atomic E-state index is -0.0328. The molecule has 20 heavy (non-hydrogen) atoms. The molecule has 0 saturated heterocycles. The van der Waals surface area contributed by atoms with Crippen LogP contribution in [0.25, 0.3) is 0 Å².